The molecule has 2 N–H and O–H groups in total. The van der Waals surface area contributed by atoms with Crippen molar-refractivity contribution in [1.29, 1.82) is 5.41 Å². The van der Waals surface area contributed by atoms with E-state index in [1.807, 2.05) is 4.57 Å². The number of nitrogens with one attached hydrogen (secondary N) is 1. The van der Waals surface area contributed by atoms with Crippen LogP contribution < -0.4 is 5.43 Å². The number of methoxy groups -OCH3 is 1. The van der Waals surface area contributed by atoms with Crippen LogP contribution in [0.25, 0.3) is 0 Å². The summed E-state index contributed by atoms with van der Waals surface area (Å²) in [4.78, 5) is 24.1. The van der Waals surface area contributed by atoms with Gasteiger partial charge >= 0.3 is 5.97 Å². The molecule has 0 radical (unpaired) electrons. The number of nitrogens with zero attached hydrogens (tertiary/aromatic N) is 1. The third-order valence-corrected chi connectivity index (χ3v) is 7.71. The second-order valence-electron chi connectivity index (χ2n) is 9.54. The summed E-state index contributed by atoms with van der Waals surface area (Å²) >= 11 is 6.83. The molecular formula is C23H33ClN2O5. The van der Waals surface area contributed by atoms with Gasteiger partial charge in [0.25, 0.3) is 0 Å². The first-order valence-electron chi connectivity index (χ1n) is 10.9. The Morgan fingerprint density at radius 1 is 1.39 bits per heavy atom. The van der Waals surface area contributed by atoms with Gasteiger partial charge in [-0.05, 0) is 36.5 Å². The van der Waals surface area contributed by atoms with Gasteiger partial charge in [0.15, 0.2) is 5.43 Å². The molecule has 172 valence electrons. The Morgan fingerprint density at radius 3 is 2.74 bits per heavy atom. The Bertz CT molecular complexity index is 896. The summed E-state index contributed by atoms with van der Waals surface area (Å²) in [5, 5.41) is 17.7. The van der Waals surface area contributed by atoms with Crippen molar-refractivity contribution in [3.63, 3.8) is 0 Å². The molecule has 1 aromatic rings. The number of fused-ring (bicyclic) bond motifs is 3. The van der Waals surface area contributed by atoms with Gasteiger partial charge in [-0.3, -0.25) is 4.79 Å². The van der Waals surface area contributed by atoms with E-state index in [2.05, 4.69) is 20.8 Å². The Balaban J connectivity index is 2.05. The quantitative estimate of drug-likeness (QED) is 0.483. The van der Waals surface area contributed by atoms with E-state index in [1.54, 1.807) is 7.11 Å². The average molecular weight is 453 g/mol. The van der Waals surface area contributed by atoms with E-state index in [9.17, 15) is 14.7 Å². The first-order chi connectivity index (χ1) is 14.6. The fourth-order valence-corrected chi connectivity index (χ4v) is 5.83. The Morgan fingerprint density at radius 2 is 2.10 bits per heavy atom. The van der Waals surface area contributed by atoms with Crippen LogP contribution in [0.1, 0.15) is 62.1 Å². The Labute approximate surface area is 188 Å². The van der Waals surface area contributed by atoms with Gasteiger partial charge in [0, 0.05) is 44.5 Å². The molecule has 1 fully saturated rings. The van der Waals surface area contributed by atoms with Gasteiger partial charge in [-0.2, -0.15) is 0 Å². The second-order valence-corrected chi connectivity index (χ2v) is 10.0. The minimum absolute atomic E-state index is 0.0308. The smallest absolute Gasteiger partial charge is 0.341 e. The molecule has 2 aliphatic rings. The molecule has 31 heavy (non-hydrogen) atoms. The third-order valence-electron chi connectivity index (χ3n) is 7.16. The molecule has 8 heteroatoms. The molecule has 7 nitrogen and oxygen atoms in total. The van der Waals surface area contributed by atoms with Crippen LogP contribution in [0.4, 0.5) is 0 Å². The van der Waals surface area contributed by atoms with Crippen molar-refractivity contribution in [2.24, 2.45) is 23.2 Å². The lowest BCUT2D eigenvalue weighted by Gasteiger charge is -2.43. The number of aromatic nitrogens is 1. The maximum atomic E-state index is 12.5. The average Bonchev–Trinajstić information content (AvgIpc) is 3.03. The molecule has 0 bridgehead atoms. The molecule has 1 unspecified atom stereocenters. The predicted molar refractivity (Wildman–Crippen MR) is 120 cm³/mol. The SMILES string of the molecule is COCCCOC[C@@H]1C(Cl)C(=N)c2cc(=O)c(C(=O)O)cn2[C@H]2[C@H](CCC2(C)C)[C@H]1C. The number of hydrogen-bond donors (Lipinski definition) is 2. The normalized spacial score (nSPS) is 29.7. The molecule has 0 saturated heterocycles. The van der Waals surface area contributed by atoms with E-state index in [0.29, 0.717) is 25.5 Å². The molecule has 1 saturated carbocycles. The summed E-state index contributed by atoms with van der Waals surface area (Å²) in [5.74, 6) is -0.933. The highest BCUT2D eigenvalue weighted by molar-refractivity contribution is 6.34. The van der Waals surface area contributed by atoms with Gasteiger partial charge in [-0.15, -0.1) is 11.6 Å². The van der Waals surface area contributed by atoms with Crippen LogP contribution in [0.5, 0.6) is 0 Å². The Kier molecular flexibility index (Phi) is 7.28. The van der Waals surface area contributed by atoms with E-state index in [-0.39, 0.29) is 40.5 Å². The molecule has 1 aromatic heterocycles. The van der Waals surface area contributed by atoms with Crippen LogP contribution in [-0.2, 0) is 9.47 Å². The van der Waals surface area contributed by atoms with Crippen molar-refractivity contribution in [2.45, 2.75) is 51.5 Å². The highest BCUT2D eigenvalue weighted by atomic mass is 35.5. The minimum Gasteiger partial charge on any atom is -0.477 e. The van der Waals surface area contributed by atoms with E-state index < -0.39 is 16.8 Å². The maximum absolute atomic E-state index is 12.5. The fourth-order valence-electron chi connectivity index (χ4n) is 5.41. The number of carboxylic acids is 1. The number of hydrogen-bond acceptors (Lipinski definition) is 5. The lowest BCUT2D eigenvalue weighted by Crippen LogP contribution is -2.44. The van der Waals surface area contributed by atoms with Crippen molar-refractivity contribution >= 4 is 23.3 Å². The highest BCUT2D eigenvalue weighted by Crippen LogP contribution is 2.55. The number of alkyl halides is 1. The zero-order valence-corrected chi connectivity index (χ0v) is 19.4. The molecule has 1 aliphatic carbocycles. The van der Waals surface area contributed by atoms with Gasteiger partial charge in [0.05, 0.1) is 23.4 Å². The molecular weight excluding hydrogens is 420 g/mol. The van der Waals surface area contributed by atoms with Crippen LogP contribution >= 0.6 is 11.6 Å². The highest BCUT2D eigenvalue weighted by Gasteiger charge is 2.50. The summed E-state index contributed by atoms with van der Waals surface area (Å²) in [6.07, 6.45) is 4.17. The van der Waals surface area contributed by atoms with Crippen LogP contribution in [-0.4, -0.2) is 53.7 Å². The lowest BCUT2D eigenvalue weighted by atomic mass is 9.72. The summed E-state index contributed by atoms with van der Waals surface area (Å²) in [7, 11) is 1.66. The summed E-state index contributed by atoms with van der Waals surface area (Å²) in [6, 6.07) is 1.25. The van der Waals surface area contributed by atoms with Gasteiger partial charge in [0.2, 0.25) is 0 Å². The summed E-state index contributed by atoms with van der Waals surface area (Å²) in [5.41, 5.74) is -0.413. The van der Waals surface area contributed by atoms with E-state index in [4.69, 9.17) is 26.5 Å². The van der Waals surface area contributed by atoms with Gasteiger partial charge in [0.1, 0.15) is 5.56 Å². The monoisotopic (exact) mass is 452 g/mol. The zero-order chi connectivity index (χ0) is 22.9. The molecule has 2 heterocycles. The number of pyridine rings is 1. The van der Waals surface area contributed by atoms with Crippen molar-refractivity contribution in [3.05, 3.63) is 33.7 Å². The lowest BCUT2D eigenvalue weighted by molar-refractivity contribution is 0.0457. The molecule has 0 aromatic carbocycles. The van der Waals surface area contributed by atoms with Gasteiger partial charge in [-0.25, -0.2) is 4.79 Å². The third kappa shape index (κ3) is 4.59. The largest absolute Gasteiger partial charge is 0.477 e. The van der Waals surface area contributed by atoms with Crippen molar-refractivity contribution in [1.82, 2.24) is 4.57 Å². The van der Waals surface area contributed by atoms with Crippen molar-refractivity contribution < 1.29 is 19.4 Å². The second kappa shape index (κ2) is 9.43. The first kappa shape index (κ1) is 24.0. The standard InChI is InChI=1S/C23H33ClN2O5/c1-13-14-6-7-23(2,3)21(14)26-11-15(22(28)29)18(27)10-17(26)20(25)19(24)16(13)12-31-9-5-8-30-4/h10-11,13-14,16,19,21,25H,5-9,12H2,1-4H3,(H,28,29)/t13-,14-,16+,19?,21+/m1/s1. The molecule has 3 rings (SSSR count). The number of carboxylic acid groups (broad SMARTS) is 1. The van der Waals surface area contributed by atoms with E-state index in [0.717, 1.165) is 19.3 Å². The Hall–Kier alpha value is -1.70. The number of carbonyl (C=O) groups is 1. The predicted octanol–water partition coefficient (Wildman–Crippen LogP) is 3.82. The van der Waals surface area contributed by atoms with Crippen LogP contribution in [0.3, 0.4) is 0 Å². The van der Waals surface area contributed by atoms with Gasteiger partial charge in [-0.1, -0.05) is 20.8 Å². The first-order valence-corrected chi connectivity index (χ1v) is 11.3. The number of rotatable bonds is 7. The fraction of sp³-hybridized carbons (Fsp3) is 0.696. The number of aromatic carboxylic acids is 1. The molecule has 5 atom stereocenters. The van der Waals surface area contributed by atoms with Crippen molar-refractivity contribution in [3.8, 4) is 0 Å². The van der Waals surface area contributed by atoms with Crippen LogP contribution in [0, 0.1) is 28.6 Å². The maximum Gasteiger partial charge on any atom is 0.341 e. The van der Waals surface area contributed by atoms with Crippen LogP contribution in [0.2, 0.25) is 0 Å². The summed E-state index contributed by atoms with van der Waals surface area (Å²) < 4.78 is 12.8. The topological polar surface area (TPSA) is 102 Å². The number of ether oxygens (including phenoxy) is 2. The molecule has 0 amide bonds. The summed E-state index contributed by atoms with van der Waals surface area (Å²) in [6.45, 7) is 8.13. The minimum atomic E-state index is -1.25. The van der Waals surface area contributed by atoms with E-state index >= 15 is 0 Å². The molecule has 0 spiro atoms. The van der Waals surface area contributed by atoms with Gasteiger partial charge < -0.3 is 24.6 Å². The van der Waals surface area contributed by atoms with Crippen LogP contribution in [0.15, 0.2) is 17.1 Å². The number of halogens is 1. The van der Waals surface area contributed by atoms with Crippen molar-refractivity contribution in [2.75, 3.05) is 26.9 Å². The zero-order valence-electron chi connectivity index (χ0n) is 18.7. The molecule has 1 aliphatic heterocycles. The van der Waals surface area contributed by atoms with E-state index in [1.165, 1.54) is 12.3 Å².